The minimum atomic E-state index is -0.370. The maximum atomic E-state index is 13.2. The zero-order valence-electron chi connectivity index (χ0n) is 11.0. The average Bonchev–Trinajstić information content (AvgIpc) is 2.94. The monoisotopic (exact) mass is 266 g/mol. The standard InChI is InChI=1S/C14H19FN2O2/c1-19-13-9-10(4-5-11(13)15)6-8-17-14(18)12-3-2-7-16-12/h4-5,9,12,16H,2-3,6-8H2,1H3,(H,17,18). The van der Waals surface area contributed by atoms with Crippen LogP contribution in [-0.4, -0.2) is 32.1 Å². The van der Waals surface area contributed by atoms with Crippen LogP contribution >= 0.6 is 0 Å². The zero-order chi connectivity index (χ0) is 13.7. The first-order chi connectivity index (χ1) is 9.20. The molecule has 1 aliphatic heterocycles. The van der Waals surface area contributed by atoms with Gasteiger partial charge in [0, 0.05) is 6.54 Å². The van der Waals surface area contributed by atoms with Crippen LogP contribution < -0.4 is 15.4 Å². The van der Waals surface area contributed by atoms with Crippen molar-refractivity contribution in [1.82, 2.24) is 10.6 Å². The first-order valence-electron chi connectivity index (χ1n) is 6.54. The molecule has 1 fully saturated rings. The Morgan fingerprint density at radius 2 is 2.42 bits per heavy atom. The van der Waals surface area contributed by atoms with E-state index in [1.54, 1.807) is 12.1 Å². The first kappa shape index (κ1) is 13.8. The molecular formula is C14H19FN2O2. The molecule has 1 saturated heterocycles. The van der Waals surface area contributed by atoms with Crippen LogP contribution in [-0.2, 0) is 11.2 Å². The smallest absolute Gasteiger partial charge is 0.237 e. The van der Waals surface area contributed by atoms with Crippen LogP contribution in [0.5, 0.6) is 5.75 Å². The molecule has 1 aromatic rings. The maximum absolute atomic E-state index is 13.2. The number of ether oxygens (including phenoxy) is 1. The molecular weight excluding hydrogens is 247 g/mol. The molecule has 5 heteroatoms. The molecule has 1 aromatic carbocycles. The van der Waals surface area contributed by atoms with E-state index in [0.29, 0.717) is 13.0 Å². The van der Waals surface area contributed by atoms with E-state index in [1.165, 1.54) is 13.2 Å². The Labute approximate surface area is 112 Å². The van der Waals surface area contributed by atoms with Crippen LogP contribution in [0.3, 0.4) is 0 Å². The lowest BCUT2D eigenvalue weighted by molar-refractivity contribution is -0.122. The van der Waals surface area contributed by atoms with Gasteiger partial charge in [-0.2, -0.15) is 0 Å². The van der Waals surface area contributed by atoms with E-state index in [9.17, 15) is 9.18 Å². The van der Waals surface area contributed by atoms with Crippen LogP contribution in [0.25, 0.3) is 0 Å². The van der Waals surface area contributed by atoms with Gasteiger partial charge in [0.05, 0.1) is 13.2 Å². The first-order valence-corrected chi connectivity index (χ1v) is 6.54. The number of halogens is 1. The summed E-state index contributed by atoms with van der Waals surface area (Å²) in [6.45, 7) is 1.46. The molecule has 0 radical (unpaired) electrons. The molecule has 19 heavy (non-hydrogen) atoms. The fourth-order valence-electron chi connectivity index (χ4n) is 2.22. The zero-order valence-corrected chi connectivity index (χ0v) is 11.0. The van der Waals surface area contributed by atoms with Crippen molar-refractivity contribution in [2.24, 2.45) is 0 Å². The van der Waals surface area contributed by atoms with Crippen LogP contribution in [0.4, 0.5) is 4.39 Å². The van der Waals surface area contributed by atoms with E-state index in [0.717, 1.165) is 24.9 Å². The minimum Gasteiger partial charge on any atom is -0.494 e. The lowest BCUT2D eigenvalue weighted by Crippen LogP contribution is -2.41. The van der Waals surface area contributed by atoms with Crippen molar-refractivity contribution in [3.8, 4) is 5.75 Å². The Balaban J connectivity index is 1.80. The summed E-state index contributed by atoms with van der Waals surface area (Å²) in [7, 11) is 1.44. The fourth-order valence-corrected chi connectivity index (χ4v) is 2.22. The second kappa shape index (κ2) is 6.52. The van der Waals surface area contributed by atoms with Gasteiger partial charge < -0.3 is 15.4 Å². The average molecular weight is 266 g/mol. The Hall–Kier alpha value is -1.62. The van der Waals surface area contributed by atoms with Crippen LogP contribution in [0, 0.1) is 5.82 Å². The lowest BCUT2D eigenvalue weighted by atomic mass is 10.1. The van der Waals surface area contributed by atoms with E-state index in [1.807, 2.05) is 0 Å². The second-order valence-corrected chi connectivity index (χ2v) is 4.66. The predicted molar refractivity (Wildman–Crippen MR) is 70.7 cm³/mol. The van der Waals surface area contributed by atoms with Gasteiger partial charge in [-0.25, -0.2) is 4.39 Å². The number of hydrogen-bond acceptors (Lipinski definition) is 3. The number of hydrogen-bond donors (Lipinski definition) is 2. The molecule has 1 amide bonds. The van der Waals surface area contributed by atoms with Crippen molar-refractivity contribution in [3.63, 3.8) is 0 Å². The van der Waals surface area contributed by atoms with Crippen LogP contribution in [0.2, 0.25) is 0 Å². The minimum absolute atomic E-state index is 0.0478. The highest BCUT2D eigenvalue weighted by Gasteiger charge is 2.21. The van der Waals surface area contributed by atoms with Crippen molar-refractivity contribution < 1.29 is 13.9 Å². The molecule has 0 spiro atoms. The van der Waals surface area contributed by atoms with Gasteiger partial charge in [-0.1, -0.05) is 6.07 Å². The molecule has 104 valence electrons. The molecule has 1 heterocycles. The number of carbonyl (C=O) groups is 1. The molecule has 0 bridgehead atoms. The van der Waals surface area contributed by atoms with Gasteiger partial charge in [0.25, 0.3) is 0 Å². The van der Waals surface area contributed by atoms with Gasteiger partial charge in [-0.15, -0.1) is 0 Å². The number of nitrogens with one attached hydrogen (secondary N) is 2. The topological polar surface area (TPSA) is 50.4 Å². The van der Waals surface area contributed by atoms with E-state index in [4.69, 9.17) is 4.74 Å². The Kier molecular flexibility index (Phi) is 4.74. The molecule has 1 atom stereocenters. The lowest BCUT2D eigenvalue weighted by Gasteiger charge is -2.11. The third kappa shape index (κ3) is 3.67. The van der Waals surface area contributed by atoms with E-state index in [2.05, 4.69) is 10.6 Å². The maximum Gasteiger partial charge on any atom is 0.237 e. The van der Waals surface area contributed by atoms with E-state index in [-0.39, 0.29) is 23.5 Å². The number of methoxy groups -OCH3 is 1. The predicted octanol–water partition coefficient (Wildman–Crippen LogP) is 1.24. The summed E-state index contributed by atoms with van der Waals surface area (Å²) in [5, 5.41) is 6.04. The van der Waals surface area contributed by atoms with Gasteiger partial charge in [0.1, 0.15) is 0 Å². The molecule has 2 rings (SSSR count). The molecule has 0 aromatic heterocycles. The third-order valence-corrected chi connectivity index (χ3v) is 3.31. The highest BCUT2D eigenvalue weighted by Crippen LogP contribution is 2.18. The highest BCUT2D eigenvalue weighted by molar-refractivity contribution is 5.81. The Bertz CT molecular complexity index is 445. The van der Waals surface area contributed by atoms with Gasteiger partial charge >= 0.3 is 0 Å². The third-order valence-electron chi connectivity index (χ3n) is 3.31. The summed E-state index contributed by atoms with van der Waals surface area (Å²) in [6.07, 6.45) is 2.61. The van der Waals surface area contributed by atoms with Crippen molar-refractivity contribution in [2.45, 2.75) is 25.3 Å². The van der Waals surface area contributed by atoms with Gasteiger partial charge in [0.2, 0.25) is 5.91 Å². The van der Waals surface area contributed by atoms with Gasteiger partial charge in [0.15, 0.2) is 11.6 Å². The molecule has 1 aliphatic rings. The number of amides is 1. The molecule has 4 nitrogen and oxygen atoms in total. The fraction of sp³-hybridized carbons (Fsp3) is 0.500. The number of rotatable bonds is 5. The summed E-state index contributed by atoms with van der Waals surface area (Å²) < 4.78 is 18.1. The molecule has 2 N–H and O–H groups in total. The Morgan fingerprint density at radius 1 is 1.58 bits per heavy atom. The largest absolute Gasteiger partial charge is 0.494 e. The number of carbonyl (C=O) groups excluding carboxylic acids is 1. The number of benzene rings is 1. The summed E-state index contributed by atoms with van der Waals surface area (Å²) >= 11 is 0. The van der Waals surface area contributed by atoms with Crippen molar-refractivity contribution >= 4 is 5.91 Å². The van der Waals surface area contributed by atoms with Gasteiger partial charge in [-0.3, -0.25) is 4.79 Å². The van der Waals surface area contributed by atoms with Crippen LogP contribution in [0.15, 0.2) is 18.2 Å². The molecule has 1 unspecified atom stereocenters. The Morgan fingerprint density at radius 3 is 3.11 bits per heavy atom. The van der Waals surface area contributed by atoms with Gasteiger partial charge in [-0.05, 0) is 43.5 Å². The second-order valence-electron chi connectivity index (χ2n) is 4.66. The normalized spacial score (nSPS) is 18.3. The summed E-state index contributed by atoms with van der Waals surface area (Å²) in [4.78, 5) is 11.8. The molecule has 0 aliphatic carbocycles. The van der Waals surface area contributed by atoms with E-state index >= 15 is 0 Å². The SMILES string of the molecule is COc1cc(CCNC(=O)C2CCCN2)ccc1F. The van der Waals surface area contributed by atoms with E-state index < -0.39 is 0 Å². The van der Waals surface area contributed by atoms with Crippen molar-refractivity contribution in [2.75, 3.05) is 20.2 Å². The van der Waals surface area contributed by atoms with Crippen molar-refractivity contribution in [1.29, 1.82) is 0 Å². The molecule has 0 saturated carbocycles. The summed E-state index contributed by atoms with van der Waals surface area (Å²) in [6, 6.07) is 4.70. The summed E-state index contributed by atoms with van der Waals surface area (Å²) in [5.74, 6) is -0.0849. The summed E-state index contributed by atoms with van der Waals surface area (Å²) in [5.41, 5.74) is 0.943. The van der Waals surface area contributed by atoms with Crippen LogP contribution in [0.1, 0.15) is 18.4 Å². The highest BCUT2D eigenvalue weighted by atomic mass is 19.1. The van der Waals surface area contributed by atoms with Crippen molar-refractivity contribution in [3.05, 3.63) is 29.6 Å². The quantitative estimate of drug-likeness (QED) is 0.843.